The molecular formula is C26H34ClN3O4S. The van der Waals surface area contributed by atoms with E-state index in [-0.39, 0.29) is 24.1 Å². The molecule has 4 rings (SSSR count). The molecular weight excluding hydrogens is 486 g/mol. The first-order valence-electron chi connectivity index (χ1n) is 12.0. The SMILES string of the molecule is CSc1cc(C)[nH]c(=O)c1CNC(=O)c1cc(Cl)c2c(c1C)O[C@@H](C1CCC(N(C)C)CC1)CO2. The van der Waals surface area contributed by atoms with Crippen LogP contribution in [0.25, 0.3) is 0 Å². The summed E-state index contributed by atoms with van der Waals surface area (Å²) in [5, 5.41) is 3.23. The summed E-state index contributed by atoms with van der Waals surface area (Å²) in [7, 11) is 4.27. The van der Waals surface area contributed by atoms with Gasteiger partial charge in [-0.3, -0.25) is 9.59 Å². The highest BCUT2D eigenvalue weighted by Gasteiger charge is 2.35. The molecule has 1 atom stereocenters. The van der Waals surface area contributed by atoms with Crippen LogP contribution in [0.3, 0.4) is 0 Å². The summed E-state index contributed by atoms with van der Waals surface area (Å²) in [5.41, 5.74) is 2.23. The van der Waals surface area contributed by atoms with Crippen LogP contribution in [0.15, 0.2) is 21.8 Å². The minimum atomic E-state index is -0.309. The third kappa shape index (κ3) is 5.49. The molecule has 1 aromatic heterocycles. The molecule has 1 aliphatic carbocycles. The Kier molecular flexibility index (Phi) is 8.03. The molecule has 35 heavy (non-hydrogen) atoms. The topological polar surface area (TPSA) is 83.7 Å². The lowest BCUT2D eigenvalue weighted by molar-refractivity contribution is 0.0239. The third-order valence-corrected chi connectivity index (χ3v) is 8.30. The Morgan fingerprint density at radius 1 is 1.20 bits per heavy atom. The maximum absolute atomic E-state index is 13.1. The first kappa shape index (κ1) is 25.9. The van der Waals surface area contributed by atoms with E-state index in [1.54, 1.807) is 6.07 Å². The van der Waals surface area contributed by atoms with Gasteiger partial charge in [0.15, 0.2) is 11.5 Å². The van der Waals surface area contributed by atoms with Gasteiger partial charge >= 0.3 is 0 Å². The lowest BCUT2D eigenvalue weighted by atomic mass is 9.82. The fraction of sp³-hybridized carbons (Fsp3) is 0.538. The van der Waals surface area contributed by atoms with Crippen molar-refractivity contribution >= 4 is 29.3 Å². The number of thioether (sulfide) groups is 1. The molecule has 0 radical (unpaired) electrons. The van der Waals surface area contributed by atoms with Crippen LogP contribution in [0.1, 0.15) is 52.9 Å². The predicted octanol–water partition coefficient (Wildman–Crippen LogP) is 4.56. The molecule has 9 heteroatoms. The number of aromatic nitrogens is 1. The number of hydrogen-bond acceptors (Lipinski definition) is 6. The number of ether oxygens (including phenoxy) is 2. The Morgan fingerprint density at radius 2 is 1.91 bits per heavy atom. The molecule has 2 N–H and O–H groups in total. The van der Waals surface area contributed by atoms with Crippen molar-refractivity contribution in [2.24, 2.45) is 5.92 Å². The number of pyridine rings is 1. The van der Waals surface area contributed by atoms with Crippen LogP contribution in [0, 0.1) is 19.8 Å². The van der Waals surface area contributed by atoms with Crippen molar-refractivity contribution in [2.45, 2.75) is 63.1 Å². The Morgan fingerprint density at radius 3 is 2.57 bits per heavy atom. The van der Waals surface area contributed by atoms with Gasteiger partial charge in [-0.25, -0.2) is 0 Å². The molecule has 0 unspecified atom stereocenters. The highest BCUT2D eigenvalue weighted by atomic mass is 35.5. The van der Waals surface area contributed by atoms with E-state index in [4.69, 9.17) is 21.1 Å². The highest BCUT2D eigenvalue weighted by Crippen LogP contribution is 2.45. The summed E-state index contributed by atoms with van der Waals surface area (Å²) in [4.78, 5) is 31.5. The van der Waals surface area contributed by atoms with Crippen molar-refractivity contribution in [3.05, 3.63) is 49.9 Å². The second kappa shape index (κ2) is 10.8. The Balaban J connectivity index is 1.51. The fourth-order valence-corrected chi connectivity index (χ4v) is 6.04. The van der Waals surface area contributed by atoms with Crippen LogP contribution in [-0.4, -0.2) is 54.9 Å². The number of aryl methyl sites for hydroxylation is 1. The number of H-pyrrole nitrogens is 1. The first-order chi connectivity index (χ1) is 16.7. The average molecular weight is 520 g/mol. The second-order valence-electron chi connectivity index (χ2n) is 9.70. The molecule has 2 heterocycles. The lowest BCUT2D eigenvalue weighted by Crippen LogP contribution is -2.41. The monoisotopic (exact) mass is 519 g/mol. The maximum atomic E-state index is 13.1. The zero-order valence-electron chi connectivity index (χ0n) is 21.0. The molecule has 2 aromatic rings. The van der Waals surface area contributed by atoms with Crippen LogP contribution in [-0.2, 0) is 6.54 Å². The summed E-state index contributed by atoms with van der Waals surface area (Å²) >= 11 is 7.99. The van der Waals surface area contributed by atoms with E-state index in [1.165, 1.54) is 11.8 Å². The zero-order valence-corrected chi connectivity index (χ0v) is 22.6. The summed E-state index contributed by atoms with van der Waals surface area (Å²) in [6.45, 7) is 4.27. The smallest absolute Gasteiger partial charge is 0.254 e. The van der Waals surface area contributed by atoms with Crippen molar-refractivity contribution in [3.8, 4) is 11.5 Å². The Hall–Kier alpha value is -2.16. The number of rotatable bonds is 6. The van der Waals surface area contributed by atoms with Crippen LogP contribution in [0.4, 0.5) is 0 Å². The van der Waals surface area contributed by atoms with Crippen molar-refractivity contribution in [3.63, 3.8) is 0 Å². The summed E-state index contributed by atoms with van der Waals surface area (Å²) in [6.07, 6.45) is 6.30. The summed E-state index contributed by atoms with van der Waals surface area (Å²) in [6, 6.07) is 4.14. The summed E-state index contributed by atoms with van der Waals surface area (Å²) < 4.78 is 12.5. The largest absolute Gasteiger partial charge is 0.484 e. The van der Waals surface area contributed by atoms with Gasteiger partial charge in [0.1, 0.15) is 12.7 Å². The minimum absolute atomic E-state index is 0.0612. The number of nitrogens with one attached hydrogen (secondary N) is 2. The second-order valence-corrected chi connectivity index (χ2v) is 11.0. The summed E-state index contributed by atoms with van der Waals surface area (Å²) in [5.74, 6) is 1.15. The normalized spacial score (nSPS) is 21.7. The number of carbonyl (C=O) groups is 1. The molecule has 7 nitrogen and oxygen atoms in total. The average Bonchev–Trinajstić information content (AvgIpc) is 2.84. The van der Waals surface area contributed by atoms with Gasteiger partial charge in [0.2, 0.25) is 0 Å². The number of hydrogen-bond donors (Lipinski definition) is 2. The number of amides is 1. The van der Waals surface area contributed by atoms with E-state index >= 15 is 0 Å². The molecule has 2 aliphatic rings. The van der Waals surface area contributed by atoms with Gasteiger partial charge in [0.25, 0.3) is 11.5 Å². The Labute approximate surface area is 215 Å². The van der Waals surface area contributed by atoms with Crippen molar-refractivity contribution < 1.29 is 14.3 Å². The minimum Gasteiger partial charge on any atom is -0.484 e. The molecule has 0 saturated heterocycles. The van der Waals surface area contributed by atoms with Crippen LogP contribution in [0.2, 0.25) is 5.02 Å². The van der Waals surface area contributed by atoms with Gasteiger partial charge in [-0.2, -0.15) is 0 Å². The number of benzene rings is 1. The van der Waals surface area contributed by atoms with Gasteiger partial charge in [0.05, 0.1) is 5.02 Å². The van der Waals surface area contributed by atoms with Crippen LogP contribution >= 0.6 is 23.4 Å². The molecule has 1 aliphatic heterocycles. The lowest BCUT2D eigenvalue weighted by Gasteiger charge is -2.38. The van der Waals surface area contributed by atoms with Gasteiger partial charge in [-0.15, -0.1) is 11.8 Å². The van der Waals surface area contributed by atoms with Crippen molar-refractivity contribution in [2.75, 3.05) is 27.0 Å². The van der Waals surface area contributed by atoms with E-state index in [2.05, 4.69) is 29.3 Å². The zero-order chi connectivity index (χ0) is 25.3. The van der Waals surface area contributed by atoms with Gasteiger partial charge in [-0.1, -0.05) is 11.6 Å². The van der Waals surface area contributed by atoms with E-state index in [1.807, 2.05) is 26.2 Å². The molecule has 1 saturated carbocycles. The number of nitrogens with zero attached hydrogens (tertiary/aromatic N) is 1. The predicted molar refractivity (Wildman–Crippen MR) is 140 cm³/mol. The van der Waals surface area contributed by atoms with Crippen molar-refractivity contribution in [1.82, 2.24) is 15.2 Å². The van der Waals surface area contributed by atoms with Crippen molar-refractivity contribution in [1.29, 1.82) is 0 Å². The molecule has 0 spiro atoms. The number of carbonyl (C=O) groups excluding carboxylic acids is 1. The number of halogens is 1. The third-order valence-electron chi connectivity index (χ3n) is 7.22. The number of aromatic amines is 1. The van der Waals surface area contributed by atoms with Crippen LogP contribution in [0.5, 0.6) is 11.5 Å². The molecule has 190 valence electrons. The first-order valence-corrected chi connectivity index (χ1v) is 13.6. The highest BCUT2D eigenvalue weighted by molar-refractivity contribution is 7.98. The van der Waals surface area contributed by atoms with E-state index in [9.17, 15) is 9.59 Å². The van der Waals surface area contributed by atoms with Gasteiger partial charge in [-0.05, 0) is 77.9 Å². The quantitative estimate of drug-likeness (QED) is 0.544. The molecule has 1 fully saturated rings. The van der Waals surface area contributed by atoms with E-state index < -0.39 is 0 Å². The van der Waals surface area contributed by atoms with Gasteiger partial charge in [0, 0.05) is 39.9 Å². The van der Waals surface area contributed by atoms with Crippen LogP contribution < -0.4 is 20.3 Å². The maximum Gasteiger partial charge on any atom is 0.254 e. The Bertz CT molecular complexity index is 1160. The number of fused-ring (bicyclic) bond motifs is 1. The molecule has 1 aromatic carbocycles. The fourth-order valence-electron chi connectivity index (χ4n) is 5.09. The molecule has 0 bridgehead atoms. The van der Waals surface area contributed by atoms with Gasteiger partial charge < -0.3 is 24.7 Å². The van der Waals surface area contributed by atoms with E-state index in [0.717, 1.165) is 36.3 Å². The standard InChI is InChI=1S/C26H34ClN3O4S/c1-14-10-22(35-5)19(26(32)29-14)12-28-25(31)18-11-20(27)24-23(15(18)2)34-21(13-33-24)16-6-8-17(9-7-16)30(3)4/h10-11,16-17,21H,6-9,12-13H2,1-5H3,(H,28,31)(H,29,32)/t16?,17?,21-/m1/s1. The van der Waals surface area contributed by atoms with E-state index in [0.29, 0.717) is 51.8 Å². The molecule has 1 amide bonds.